The highest BCUT2D eigenvalue weighted by atomic mass is 32.1. The summed E-state index contributed by atoms with van der Waals surface area (Å²) in [5.41, 5.74) is 1.21. The number of hydrogen-bond donors (Lipinski definition) is 0. The van der Waals surface area contributed by atoms with Gasteiger partial charge in [-0.1, -0.05) is 35.4 Å². The van der Waals surface area contributed by atoms with Crippen molar-refractivity contribution in [3.05, 3.63) is 36.5 Å². The first-order chi connectivity index (χ1) is 5.47. The van der Waals surface area contributed by atoms with Crippen molar-refractivity contribution in [3.8, 4) is 10.4 Å². The van der Waals surface area contributed by atoms with E-state index in [0.717, 1.165) is 0 Å². The summed E-state index contributed by atoms with van der Waals surface area (Å²) in [4.78, 5) is 1.17. The number of H-pyrrole nitrogens is 1. The van der Waals surface area contributed by atoms with E-state index in [9.17, 15) is 0 Å². The van der Waals surface area contributed by atoms with Crippen LogP contribution in [0.4, 0.5) is 0 Å². The van der Waals surface area contributed by atoms with E-state index in [2.05, 4.69) is 21.7 Å². The van der Waals surface area contributed by atoms with E-state index in [1.54, 1.807) is 0 Å². The van der Waals surface area contributed by atoms with Gasteiger partial charge in [0.25, 0.3) is 0 Å². The van der Waals surface area contributed by atoms with Crippen molar-refractivity contribution < 1.29 is 5.10 Å². The van der Waals surface area contributed by atoms with Crippen molar-refractivity contribution in [1.29, 1.82) is 0 Å². The Kier molecular flexibility index (Phi) is 1.65. The second kappa shape index (κ2) is 2.80. The monoisotopic (exact) mass is 163 g/mol. The zero-order valence-corrected chi connectivity index (χ0v) is 6.64. The highest BCUT2D eigenvalue weighted by molar-refractivity contribution is 7.09. The van der Waals surface area contributed by atoms with Crippen LogP contribution in [0.2, 0.25) is 0 Å². The molecule has 0 radical (unpaired) electrons. The minimum absolute atomic E-state index is 1.17. The Bertz CT molecular complexity index is 315. The van der Waals surface area contributed by atoms with E-state index >= 15 is 0 Å². The lowest BCUT2D eigenvalue weighted by atomic mass is 10.2. The first kappa shape index (κ1) is 6.49. The summed E-state index contributed by atoms with van der Waals surface area (Å²) >= 11 is 1.47. The summed E-state index contributed by atoms with van der Waals surface area (Å²) in [6.45, 7) is 0. The predicted molar refractivity (Wildman–Crippen MR) is 44.1 cm³/mol. The Morgan fingerprint density at radius 3 is 2.64 bits per heavy atom. The second-order valence-corrected chi connectivity index (χ2v) is 2.99. The Morgan fingerprint density at radius 2 is 2.00 bits per heavy atom. The highest BCUT2D eigenvalue weighted by Crippen LogP contribution is 2.18. The minimum Gasteiger partial charge on any atom is -0.0937 e. The van der Waals surface area contributed by atoms with Gasteiger partial charge < -0.3 is 0 Å². The molecule has 11 heavy (non-hydrogen) atoms. The van der Waals surface area contributed by atoms with Crippen molar-refractivity contribution in [1.82, 2.24) is 4.49 Å². The van der Waals surface area contributed by atoms with Crippen LogP contribution in [0.15, 0.2) is 36.5 Å². The number of aromatic nitrogens is 2. The molecule has 3 heteroatoms. The van der Waals surface area contributed by atoms with Gasteiger partial charge in [-0.2, -0.15) is 0 Å². The average molecular weight is 163 g/mol. The van der Waals surface area contributed by atoms with Gasteiger partial charge in [0, 0.05) is 11.5 Å². The zero-order valence-electron chi connectivity index (χ0n) is 5.82. The number of nitrogens with zero attached hydrogens (tertiary/aromatic N) is 1. The summed E-state index contributed by atoms with van der Waals surface area (Å²) in [7, 11) is 0. The van der Waals surface area contributed by atoms with Gasteiger partial charge >= 0.3 is 0 Å². The summed E-state index contributed by atoms with van der Waals surface area (Å²) in [5, 5.41) is 2.80. The van der Waals surface area contributed by atoms with E-state index < -0.39 is 0 Å². The molecule has 0 saturated heterocycles. The number of aromatic amines is 1. The van der Waals surface area contributed by atoms with Gasteiger partial charge in [0.2, 0.25) is 6.20 Å². The molecule has 2 aromatic rings. The zero-order chi connectivity index (χ0) is 7.52. The van der Waals surface area contributed by atoms with Crippen LogP contribution in [0.3, 0.4) is 0 Å². The fourth-order valence-electron chi connectivity index (χ4n) is 0.925. The van der Waals surface area contributed by atoms with Crippen LogP contribution < -0.4 is 5.10 Å². The van der Waals surface area contributed by atoms with E-state index in [1.165, 1.54) is 22.0 Å². The molecule has 1 aromatic heterocycles. The van der Waals surface area contributed by atoms with E-state index in [4.69, 9.17) is 0 Å². The molecule has 0 spiro atoms. The lowest BCUT2D eigenvalue weighted by Crippen LogP contribution is -1.95. The fourth-order valence-corrected chi connectivity index (χ4v) is 1.48. The molecule has 2 rings (SSSR count). The standard InChI is InChI=1S/C8H6N2S/c1-2-4-7(5-3-1)8-6-9-10-11-8/h1-6H/p+1. The van der Waals surface area contributed by atoms with Gasteiger partial charge in [-0.15, -0.1) is 0 Å². The summed E-state index contributed by atoms with van der Waals surface area (Å²) < 4.78 is 3.92. The molecule has 0 unspecified atom stereocenters. The SMILES string of the molecule is c1ccc(-c2c[nH+]ns2)cc1. The van der Waals surface area contributed by atoms with E-state index in [1.807, 2.05) is 24.4 Å². The maximum absolute atomic E-state index is 3.92. The number of benzene rings is 1. The van der Waals surface area contributed by atoms with Crippen molar-refractivity contribution in [2.45, 2.75) is 0 Å². The van der Waals surface area contributed by atoms with Crippen molar-refractivity contribution in [3.63, 3.8) is 0 Å². The molecule has 0 atom stereocenters. The van der Waals surface area contributed by atoms with Crippen LogP contribution >= 0.6 is 11.5 Å². The van der Waals surface area contributed by atoms with Crippen molar-refractivity contribution >= 4 is 11.5 Å². The molecular formula is C8H7N2S+. The lowest BCUT2D eigenvalue weighted by molar-refractivity contribution is -0.442. The maximum Gasteiger partial charge on any atom is 0.214 e. The van der Waals surface area contributed by atoms with Gasteiger partial charge in [-0.3, -0.25) is 0 Å². The molecule has 0 aliphatic rings. The van der Waals surface area contributed by atoms with Crippen molar-refractivity contribution in [2.75, 3.05) is 0 Å². The van der Waals surface area contributed by atoms with Gasteiger partial charge in [-0.05, 0) is 5.56 Å². The van der Waals surface area contributed by atoms with Gasteiger partial charge in [0.15, 0.2) is 0 Å². The summed E-state index contributed by atoms with van der Waals surface area (Å²) in [6, 6.07) is 10.2. The predicted octanol–water partition coefficient (Wildman–Crippen LogP) is 1.62. The van der Waals surface area contributed by atoms with Crippen LogP contribution in [0, 0.1) is 0 Å². The lowest BCUT2D eigenvalue weighted by Gasteiger charge is -1.89. The Labute approximate surface area is 68.7 Å². The molecule has 54 valence electrons. The first-order valence-electron chi connectivity index (χ1n) is 3.35. The Hall–Kier alpha value is -1.22. The third-order valence-electron chi connectivity index (χ3n) is 1.45. The largest absolute Gasteiger partial charge is 0.214 e. The average Bonchev–Trinajstić information content (AvgIpc) is 2.58. The van der Waals surface area contributed by atoms with Crippen LogP contribution in [0.1, 0.15) is 0 Å². The first-order valence-corrected chi connectivity index (χ1v) is 4.12. The molecule has 0 amide bonds. The fraction of sp³-hybridized carbons (Fsp3) is 0. The van der Waals surface area contributed by atoms with Crippen LogP contribution in [0.25, 0.3) is 10.4 Å². The third-order valence-corrected chi connectivity index (χ3v) is 2.20. The van der Waals surface area contributed by atoms with Crippen LogP contribution in [-0.2, 0) is 0 Å². The molecular weight excluding hydrogens is 156 g/mol. The third kappa shape index (κ3) is 1.28. The smallest absolute Gasteiger partial charge is 0.0937 e. The topological polar surface area (TPSA) is 27.0 Å². The molecule has 0 saturated carbocycles. The van der Waals surface area contributed by atoms with Crippen molar-refractivity contribution in [2.24, 2.45) is 0 Å². The maximum atomic E-state index is 3.92. The van der Waals surface area contributed by atoms with Crippen LogP contribution in [0.5, 0.6) is 0 Å². The molecule has 2 nitrogen and oxygen atoms in total. The molecule has 0 bridgehead atoms. The van der Waals surface area contributed by atoms with Gasteiger partial charge in [-0.25, -0.2) is 0 Å². The normalized spacial score (nSPS) is 9.82. The molecule has 0 fully saturated rings. The van der Waals surface area contributed by atoms with Gasteiger partial charge in [0.1, 0.15) is 4.88 Å². The molecule has 1 aromatic carbocycles. The summed E-state index contributed by atoms with van der Waals surface area (Å²) in [6.07, 6.45) is 1.90. The van der Waals surface area contributed by atoms with Gasteiger partial charge in [0.05, 0.1) is 4.49 Å². The quantitative estimate of drug-likeness (QED) is 0.627. The molecule has 0 aliphatic heterocycles. The Balaban J connectivity index is 2.46. The summed E-state index contributed by atoms with van der Waals surface area (Å²) in [5.74, 6) is 0. The van der Waals surface area contributed by atoms with Crippen LogP contribution in [-0.4, -0.2) is 4.49 Å². The number of nitrogens with one attached hydrogen (secondary N) is 1. The number of hydrogen-bond acceptors (Lipinski definition) is 2. The number of rotatable bonds is 1. The molecule has 1 heterocycles. The minimum atomic E-state index is 1.17. The van der Waals surface area contributed by atoms with E-state index in [0.29, 0.717) is 0 Å². The highest BCUT2D eigenvalue weighted by Gasteiger charge is 2.01. The second-order valence-electron chi connectivity index (χ2n) is 2.19. The molecule has 1 N–H and O–H groups in total. The van der Waals surface area contributed by atoms with E-state index in [-0.39, 0.29) is 0 Å². The Morgan fingerprint density at radius 1 is 1.18 bits per heavy atom. The molecule has 0 aliphatic carbocycles.